The average Bonchev–Trinajstić information content (AvgIpc) is 3.31. The quantitative estimate of drug-likeness (QED) is 0.545. The first-order valence-corrected chi connectivity index (χ1v) is 12.7. The second-order valence-electron chi connectivity index (χ2n) is 9.58. The summed E-state index contributed by atoms with van der Waals surface area (Å²) in [5, 5.41) is 11.6. The Morgan fingerprint density at radius 3 is 2.71 bits per heavy atom. The zero-order valence-electron chi connectivity index (χ0n) is 20.1. The van der Waals surface area contributed by atoms with Gasteiger partial charge in [-0.3, -0.25) is 9.69 Å². The molecule has 180 valence electrons. The Bertz CT molecular complexity index is 1110. The summed E-state index contributed by atoms with van der Waals surface area (Å²) >= 11 is 0. The molecule has 5 rings (SSSR count). The first kappa shape index (κ1) is 22.9. The number of carbonyl (C=O) groups is 1. The Labute approximate surface area is 201 Å². The molecule has 2 aromatic heterocycles. The molecule has 0 atom stereocenters. The third-order valence-corrected chi connectivity index (χ3v) is 7.42. The summed E-state index contributed by atoms with van der Waals surface area (Å²) in [5.74, 6) is -0.0427. The van der Waals surface area contributed by atoms with Crippen LogP contribution in [0.25, 0.3) is 16.9 Å². The SMILES string of the molecule is Cc1c(C(=O)NCCCN2CCN(C3CCCCC3)CC2)cccc1-n1nnc2cccnc21. The summed E-state index contributed by atoms with van der Waals surface area (Å²) < 4.78 is 1.70. The number of nitrogens with one attached hydrogen (secondary N) is 1. The van der Waals surface area contributed by atoms with E-state index in [1.807, 2.05) is 37.3 Å². The molecule has 0 radical (unpaired) electrons. The third-order valence-electron chi connectivity index (χ3n) is 7.42. The molecule has 2 fully saturated rings. The molecule has 2 aliphatic rings. The fourth-order valence-electron chi connectivity index (χ4n) is 5.42. The maximum Gasteiger partial charge on any atom is 0.251 e. The second kappa shape index (κ2) is 10.6. The van der Waals surface area contributed by atoms with Gasteiger partial charge in [0.1, 0.15) is 5.52 Å². The van der Waals surface area contributed by atoms with Crippen LogP contribution in [-0.4, -0.2) is 81.0 Å². The normalized spacial score (nSPS) is 18.4. The number of rotatable bonds is 7. The summed E-state index contributed by atoms with van der Waals surface area (Å²) in [6.45, 7) is 8.33. The van der Waals surface area contributed by atoms with Gasteiger partial charge in [0.05, 0.1) is 5.69 Å². The molecule has 3 aromatic rings. The summed E-state index contributed by atoms with van der Waals surface area (Å²) in [7, 11) is 0. The summed E-state index contributed by atoms with van der Waals surface area (Å²) in [4.78, 5) is 22.6. The fourth-order valence-corrected chi connectivity index (χ4v) is 5.42. The minimum atomic E-state index is -0.0427. The van der Waals surface area contributed by atoms with Gasteiger partial charge >= 0.3 is 0 Å². The predicted octanol–water partition coefficient (Wildman–Crippen LogP) is 3.19. The molecule has 8 nitrogen and oxygen atoms in total. The van der Waals surface area contributed by atoms with Crippen molar-refractivity contribution in [2.24, 2.45) is 0 Å². The van der Waals surface area contributed by atoms with Gasteiger partial charge in [0.15, 0.2) is 5.65 Å². The lowest BCUT2D eigenvalue weighted by atomic mass is 9.94. The molecule has 1 aliphatic heterocycles. The van der Waals surface area contributed by atoms with Gasteiger partial charge < -0.3 is 10.2 Å². The number of amides is 1. The van der Waals surface area contributed by atoms with Gasteiger partial charge in [-0.15, -0.1) is 5.10 Å². The maximum absolute atomic E-state index is 12.9. The highest BCUT2D eigenvalue weighted by atomic mass is 16.1. The molecule has 1 N–H and O–H groups in total. The van der Waals surface area contributed by atoms with Crippen LogP contribution in [0, 0.1) is 6.92 Å². The van der Waals surface area contributed by atoms with Crippen molar-refractivity contribution in [3.63, 3.8) is 0 Å². The van der Waals surface area contributed by atoms with E-state index in [0.717, 1.165) is 48.9 Å². The molecule has 34 heavy (non-hydrogen) atoms. The molecule has 1 amide bonds. The lowest BCUT2D eigenvalue weighted by Crippen LogP contribution is -2.51. The number of nitrogens with zero attached hydrogens (tertiary/aromatic N) is 6. The van der Waals surface area contributed by atoms with Gasteiger partial charge in [-0.25, -0.2) is 4.98 Å². The Balaban J connectivity index is 1.11. The van der Waals surface area contributed by atoms with Crippen molar-refractivity contribution in [2.75, 3.05) is 39.3 Å². The molecule has 3 heterocycles. The lowest BCUT2D eigenvalue weighted by molar-refractivity contribution is 0.0779. The van der Waals surface area contributed by atoms with Gasteiger partial charge in [-0.2, -0.15) is 4.68 Å². The molecule has 1 aliphatic carbocycles. The van der Waals surface area contributed by atoms with Crippen LogP contribution in [-0.2, 0) is 0 Å². The number of hydrogen-bond acceptors (Lipinski definition) is 6. The van der Waals surface area contributed by atoms with E-state index < -0.39 is 0 Å². The number of carbonyl (C=O) groups excluding carboxylic acids is 1. The number of piperazine rings is 1. The van der Waals surface area contributed by atoms with E-state index in [-0.39, 0.29) is 5.91 Å². The first-order valence-electron chi connectivity index (χ1n) is 12.7. The number of hydrogen-bond donors (Lipinski definition) is 1. The zero-order valence-corrected chi connectivity index (χ0v) is 20.1. The number of fused-ring (bicyclic) bond motifs is 1. The van der Waals surface area contributed by atoms with E-state index in [0.29, 0.717) is 17.8 Å². The highest BCUT2D eigenvalue weighted by molar-refractivity contribution is 5.96. The number of benzene rings is 1. The Morgan fingerprint density at radius 2 is 1.88 bits per heavy atom. The second-order valence-corrected chi connectivity index (χ2v) is 9.58. The monoisotopic (exact) mass is 461 g/mol. The summed E-state index contributed by atoms with van der Waals surface area (Å²) in [5.41, 5.74) is 3.78. The van der Waals surface area contributed by atoms with Crippen LogP contribution in [0.3, 0.4) is 0 Å². The minimum absolute atomic E-state index is 0.0427. The largest absolute Gasteiger partial charge is 0.352 e. The molecule has 8 heteroatoms. The number of pyridine rings is 1. The predicted molar refractivity (Wildman–Crippen MR) is 133 cm³/mol. The number of aromatic nitrogens is 4. The van der Waals surface area contributed by atoms with Crippen LogP contribution in [0.2, 0.25) is 0 Å². The molecular weight excluding hydrogens is 426 g/mol. The van der Waals surface area contributed by atoms with Crippen molar-refractivity contribution in [3.8, 4) is 5.69 Å². The highest BCUT2D eigenvalue weighted by Crippen LogP contribution is 2.24. The lowest BCUT2D eigenvalue weighted by Gasteiger charge is -2.40. The fraction of sp³-hybridized carbons (Fsp3) is 0.538. The van der Waals surface area contributed by atoms with Crippen LogP contribution >= 0.6 is 0 Å². The van der Waals surface area contributed by atoms with Crippen molar-refractivity contribution in [3.05, 3.63) is 47.7 Å². The third kappa shape index (κ3) is 4.98. The van der Waals surface area contributed by atoms with Crippen LogP contribution < -0.4 is 5.32 Å². The smallest absolute Gasteiger partial charge is 0.251 e. The molecule has 0 spiro atoms. The van der Waals surface area contributed by atoms with Gasteiger partial charge in [0.25, 0.3) is 5.91 Å². The summed E-state index contributed by atoms with van der Waals surface area (Å²) in [6, 6.07) is 10.2. The van der Waals surface area contributed by atoms with Crippen molar-refractivity contribution in [2.45, 2.75) is 51.5 Å². The highest BCUT2D eigenvalue weighted by Gasteiger charge is 2.24. The van der Waals surface area contributed by atoms with E-state index >= 15 is 0 Å². The molecule has 1 aromatic carbocycles. The van der Waals surface area contributed by atoms with Crippen molar-refractivity contribution >= 4 is 17.1 Å². The van der Waals surface area contributed by atoms with E-state index in [4.69, 9.17) is 0 Å². The Hall–Kier alpha value is -2.84. The molecular formula is C26H35N7O. The zero-order chi connectivity index (χ0) is 23.3. The molecule has 1 saturated heterocycles. The molecule has 1 saturated carbocycles. The van der Waals surface area contributed by atoms with Gasteiger partial charge in [0.2, 0.25) is 0 Å². The van der Waals surface area contributed by atoms with Crippen LogP contribution in [0.1, 0.15) is 54.4 Å². The van der Waals surface area contributed by atoms with E-state index in [1.54, 1.807) is 10.9 Å². The Morgan fingerprint density at radius 1 is 1.06 bits per heavy atom. The first-order chi connectivity index (χ1) is 16.7. The average molecular weight is 462 g/mol. The van der Waals surface area contributed by atoms with Crippen LogP contribution in [0.4, 0.5) is 0 Å². The minimum Gasteiger partial charge on any atom is -0.352 e. The molecule has 0 unspecified atom stereocenters. The van der Waals surface area contributed by atoms with Gasteiger partial charge in [-0.1, -0.05) is 30.5 Å². The van der Waals surface area contributed by atoms with Gasteiger partial charge in [-0.05, 0) is 62.6 Å². The molecule has 0 bridgehead atoms. The van der Waals surface area contributed by atoms with Crippen molar-refractivity contribution < 1.29 is 4.79 Å². The summed E-state index contributed by atoms with van der Waals surface area (Å²) in [6.07, 6.45) is 9.68. The standard InChI is InChI=1S/C26H35N7O/c1-20-22(10-5-12-24(20)33-25-23(29-30-33)11-6-13-27-25)26(34)28-14-7-15-31-16-18-32(19-17-31)21-8-3-2-4-9-21/h5-6,10-13,21H,2-4,7-9,14-19H2,1H3,(H,28,34). The van der Waals surface area contributed by atoms with Crippen LogP contribution in [0.5, 0.6) is 0 Å². The maximum atomic E-state index is 12.9. The van der Waals surface area contributed by atoms with E-state index in [2.05, 4.69) is 30.4 Å². The van der Waals surface area contributed by atoms with Gasteiger partial charge in [0, 0.05) is 50.5 Å². The van der Waals surface area contributed by atoms with Crippen LogP contribution in [0.15, 0.2) is 36.5 Å². The van der Waals surface area contributed by atoms with E-state index in [9.17, 15) is 4.79 Å². The van der Waals surface area contributed by atoms with Crippen molar-refractivity contribution in [1.82, 2.24) is 35.1 Å². The van der Waals surface area contributed by atoms with E-state index in [1.165, 1.54) is 45.2 Å². The van der Waals surface area contributed by atoms with Crippen molar-refractivity contribution in [1.29, 1.82) is 0 Å². The Kier molecular flexibility index (Phi) is 7.16. The topological polar surface area (TPSA) is 79.2 Å².